The number of aliphatic carboxylic acids is 1. The number of hydrogen-bond acceptors (Lipinski definition) is 6. The van der Waals surface area contributed by atoms with E-state index < -0.39 is 18.1 Å². The number of imidazole rings is 1. The predicted octanol–water partition coefficient (Wildman–Crippen LogP) is 2.20. The van der Waals surface area contributed by atoms with Crippen LogP contribution in [0.1, 0.15) is 37.3 Å². The number of hydrogen-bond donors (Lipinski definition) is 3. The van der Waals surface area contributed by atoms with E-state index in [0.29, 0.717) is 12.1 Å². The molecule has 9 heteroatoms. The molecule has 1 saturated heterocycles. The molecule has 0 radical (unpaired) electrons. The number of nitrogens with zero attached hydrogens (tertiary/aromatic N) is 3. The third-order valence-corrected chi connectivity index (χ3v) is 6.37. The Bertz CT molecular complexity index is 1210. The van der Waals surface area contributed by atoms with Crippen molar-refractivity contribution in [3.8, 4) is 11.4 Å². The zero-order chi connectivity index (χ0) is 24.4. The van der Waals surface area contributed by atoms with Crippen LogP contribution in [0.25, 0.3) is 22.4 Å². The molecule has 1 aliphatic rings. The number of rotatable bonds is 8. The third-order valence-electron chi connectivity index (χ3n) is 6.37. The Morgan fingerprint density at radius 2 is 2.12 bits per heavy atom. The molecule has 3 heterocycles. The molecule has 1 fully saturated rings. The summed E-state index contributed by atoms with van der Waals surface area (Å²) in [6, 6.07) is 6.63. The second-order valence-corrected chi connectivity index (χ2v) is 9.12. The summed E-state index contributed by atoms with van der Waals surface area (Å²) in [5.41, 5.74) is 4.07. The maximum Gasteiger partial charge on any atom is 0.323 e. The van der Waals surface area contributed by atoms with Crippen LogP contribution in [0.15, 0.2) is 35.3 Å². The van der Waals surface area contributed by atoms with E-state index in [0.717, 1.165) is 53.9 Å². The SMILES string of the molecule is Cc1cc(-c2nc3ccc(CN[C@H](C(=O)O)[C@@H](C)O)cc3n2CC2CCCCO2)cn(C)c1=O. The number of fused-ring (bicyclic) bond motifs is 1. The highest BCUT2D eigenvalue weighted by molar-refractivity contribution is 5.81. The predicted molar refractivity (Wildman–Crippen MR) is 129 cm³/mol. The summed E-state index contributed by atoms with van der Waals surface area (Å²) in [5.74, 6) is -0.330. The molecule has 3 atom stereocenters. The summed E-state index contributed by atoms with van der Waals surface area (Å²) in [7, 11) is 1.74. The van der Waals surface area contributed by atoms with Crippen LogP contribution in [-0.2, 0) is 29.7 Å². The molecule has 0 bridgehead atoms. The Kier molecular flexibility index (Phi) is 7.16. The summed E-state index contributed by atoms with van der Waals surface area (Å²) >= 11 is 0. The first-order chi connectivity index (χ1) is 16.2. The number of pyridine rings is 1. The Hall–Kier alpha value is -3.01. The number of carboxylic acid groups (broad SMARTS) is 1. The second kappa shape index (κ2) is 10.1. The van der Waals surface area contributed by atoms with Crippen LogP contribution in [0, 0.1) is 6.92 Å². The average Bonchev–Trinajstić information content (AvgIpc) is 3.15. The Morgan fingerprint density at radius 1 is 1.32 bits per heavy atom. The first-order valence-corrected chi connectivity index (χ1v) is 11.7. The number of carbonyl (C=O) groups is 1. The first-order valence-electron chi connectivity index (χ1n) is 11.7. The number of aliphatic hydroxyl groups excluding tert-OH is 1. The van der Waals surface area contributed by atoms with Gasteiger partial charge in [-0.15, -0.1) is 0 Å². The van der Waals surface area contributed by atoms with Crippen molar-refractivity contribution < 1.29 is 19.7 Å². The van der Waals surface area contributed by atoms with Gasteiger partial charge >= 0.3 is 5.97 Å². The second-order valence-electron chi connectivity index (χ2n) is 9.12. The first kappa shape index (κ1) is 24.1. The molecule has 1 unspecified atom stereocenters. The standard InChI is InChI=1S/C25H32N4O5/c1-15-10-18(13-28(3)24(15)31)23-27-20-8-7-17(12-26-22(16(2)30)25(32)33)11-21(20)29(23)14-19-6-4-5-9-34-19/h7-8,10-11,13,16,19,22,26,30H,4-6,9,12,14H2,1-3H3,(H,32,33)/t16-,19?,22+/m1/s1. The molecule has 4 rings (SSSR count). The number of benzene rings is 1. The molecule has 3 aromatic rings. The van der Waals surface area contributed by atoms with Crippen molar-refractivity contribution >= 4 is 17.0 Å². The molecule has 182 valence electrons. The topological polar surface area (TPSA) is 119 Å². The van der Waals surface area contributed by atoms with Crippen LogP contribution in [0.3, 0.4) is 0 Å². The molecule has 2 aromatic heterocycles. The van der Waals surface area contributed by atoms with Crippen molar-refractivity contribution in [1.29, 1.82) is 0 Å². The lowest BCUT2D eigenvalue weighted by molar-refractivity contribution is -0.142. The number of ether oxygens (including phenoxy) is 1. The zero-order valence-electron chi connectivity index (χ0n) is 19.8. The summed E-state index contributed by atoms with van der Waals surface area (Å²) in [5, 5.41) is 22.0. The highest BCUT2D eigenvalue weighted by Gasteiger charge is 2.23. The van der Waals surface area contributed by atoms with Gasteiger partial charge in [-0.3, -0.25) is 14.9 Å². The fraction of sp³-hybridized carbons (Fsp3) is 0.480. The molecular formula is C25H32N4O5. The molecule has 0 spiro atoms. The third kappa shape index (κ3) is 5.06. The maximum atomic E-state index is 12.2. The molecule has 3 N–H and O–H groups in total. The minimum absolute atomic E-state index is 0.0403. The van der Waals surface area contributed by atoms with Crippen LogP contribution < -0.4 is 10.9 Å². The van der Waals surface area contributed by atoms with E-state index in [4.69, 9.17) is 9.72 Å². The largest absolute Gasteiger partial charge is 0.480 e. The van der Waals surface area contributed by atoms with Crippen molar-refractivity contribution in [3.05, 3.63) is 51.9 Å². The van der Waals surface area contributed by atoms with Crippen molar-refractivity contribution in [2.75, 3.05) is 6.61 Å². The quantitative estimate of drug-likeness (QED) is 0.464. The molecule has 9 nitrogen and oxygen atoms in total. The van der Waals surface area contributed by atoms with Crippen molar-refractivity contribution in [3.63, 3.8) is 0 Å². The highest BCUT2D eigenvalue weighted by atomic mass is 16.5. The fourth-order valence-corrected chi connectivity index (χ4v) is 4.53. The number of carboxylic acids is 1. The lowest BCUT2D eigenvalue weighted by Gasteiger charge is -2.24. The van der Waals surface area contributed by atoms with Crippen LogP contribution in [0.2, 0.25) is 0 Å². The fourth-order valence-electron chi connectivity index (χ4n) is 4.53. The van der Waals surface area contributed by atoms with Gasteiger partial charge in [0.05, 0.1) is 29.8 Å². The average molecular weight is 469 g/mol. The Morgan fingerprint density at radius 3 is 2.76 bits per heavy atom. The van der Waals surface area contributed by atoms with Crippen molar-refractivity contribution in [1.82, 2.24) is 19.4 Å². The van der Waals surface area contributed by atoms with E-state index in [9.17, 15) is 19.8 Å². The van der Waals surface area contributed by atoms with E-state index in [1.165, 1.54) is 6.92 Å². The van der Waals surface area contributed by atoms with Crippen molar-refractivity contribution in [2.24, 2.45) is 7.05 Å². The molecule has 34 heavy (non-hydrogen) atoms. The van der Waals surface area contributed by atoms with Crippen LogP contribution >= 0.6 is 0 Å². The zero-order valence-corrected chi connectivity index (χ0v) is 19.8. The maximum absolute atomic E-state index is 12.2. The summed E-state index contributed by atoms with van der Waals surface area (Å²) in [4.78, 5) is 28.5. The molecule has 0 saturated carbocycles. The van der Waals surface area contributed by atoms with Crippen molar-refractivity contribution in [2.45, 2.75) is 64.4 Å². The van der Waals surface area contributed by atoms with Crippen LogP contribution in [0.4, 0.5) is 0 Å². The number of nitrogens with one attached hydrogen (secondary N) is 1. The summed E-state index contributed by atoms with van der Waals surface area (Å²) < 4.78 is 9.72. The van der Waals surface area contributed by atoms with Gasteiger partial charge in [0.1, 0.15) is 11.9 Å². The Balaban J connectivity index is 1.75. The van der Waals surface area contributed by atoms with E-state index in [-0.39, 0.29) is 18.2 Å². The molecule has 1 aromatic carbocycles. The summed E-state index contributed by atoms with van der Waals surface area (Å²) in [6.45, 7) is 4.92. The van der Waals surface area contributed by atoms with Crippen LogP contribution in [-0.4, -0.2) is 55.2 Å². The van der Waals surface area contributed by atoms with Gasteiger partial charge in [-0.2, -0.15) is 0 Å². The lowest BCUT2D eigenvalue weighted by Crippen LogP contribution is -2.44. The Labute approximate surface area is 198 Å². The molecule has 0 amide bonds. The lowest BCUT2D eigenvalue weighted by atomic mass is 10.1. The van der Waals surface area contributed by atoms with E-state index in [1.54, 1.807) is 24.7 Å². The molecule has 1 aliphatic heterocycles. The minimum atomic E-state index is -1.09. The van der Waals surface area contributed by atoms with Crippen LogP contribution in [0.5, 0.6) is 0 Å². The van der Waals surface area contributed by atoms with Gasteiger partial charge in [0.2, 0.25) is 0 Å². The van der Waals surface area contributed by atoms with Gasteiger partial charge < -0.3 is 24.1 Å². The van der Waals surface area contributed by atoms with E-state index in [2.05, 4.69) is 9.88 Å². The van der Waals surface area contributed by atoms with Gasteiger partial charge in [0.25, 0.3) is 5.56 Å². The molecule has 0 aliphatic carbocycles. The minimum Gasteiger partial charge on any atom is -0.480 e. The van der Waals surface area contributed by atoms with Gasteiger partial charge in [-0.05, 0) is 56.9 Å². The van der Waals surface area contributed by atoms with E-state index >= 15 is 0 Å². The normalized spacial score (nSPS) is 18.2. The van der Waals surface area contributed by atoms with E-state index in [1.807, 2.05) is 24.3 Å². The highest BCUT2D eigenvalue weighted by Crippen LogP contribution is 2.28. The van der Waals surface area contributed by atoms with Gasteiger partial charge in [-0.25, -0.2) is 4.98 Å². The number of aliphatic hydroxyl groups is 1. The van der Waals surface area contributed by atoms with Gasteiger partial charge in [-0.1, -0.05) is 6.07 Å². The van der Waals surface area contributed by atoms with Gasteiger partial charge in [0.15, 0.2) is 0 Å². The number of aromatic nitrogens is 3. The monoisotopic (exact) mass is 468 g/mol. The smallest absolute Gasteiger partial charge is 0.323 e. The summed E-state index contributed by atoms with van der Waals surface area (Å²) in [6.07, 6.45) is 4.02. The van der Waals surface area contributed by atoms with Gasteiger partial charge in [0, 0.05) is 37.5 Å². The molecular weight excluding hydrogens is 436 g/mol. The number of aryl methyl sites for hydroxylation is 2.